The number of aromatic nitrogens is 2. The van der Waals surface area contributed by atoms with Crippen molar-refractivity contribution in [3.63, 3.8) is 0 Å². The van der Waals surface area contributed by atoms with Gasteiger partial charge in [-0.2, -0.15) is 13.2 Å². The number of rotatable bonds is 4. The van der Waals surface area contributed by atoms with Crippen LogP contribution in [-0.2, 0) is 6.18 Å². The van der Waals surface area contributed by atoms with E-state index in [1.807, 2.05) is 5.38 Å². The molecule has 0 saturated heterocycles. The molecule has 7 heteroatoms. The van der Waals surface area contributed by atoms with Gasteiger partial charge in [-0.3, -0.25) is 0 Å². The summed E-state index contributed by atoms with van der Waals surface area (Å²) < 4.78 is 39.1. The number of fused-ring (bicyclic) bond motifs is 1. The first-order valence-electron chi connectivity index (χ1n) is 9.10. The second kappa shape index (κ2) is 7.48. The maximum Gasteiger partial charge on any atom is 0.416 e. The van der Waals surface area contributed by atoms with Gasteiger partial charge in [0, 0.05) is 16.6 Å². The van der Waals surface area contributed by atoms with Crippen LogP contribution in [0.5, 0.6) is 0 Å². The molecule has 0 saturated carbocycles. The minimum absolute atomic E-state index is 0.326. The van der Waals surface area contributed by atoms with Crippen molar-refractivity contribution in [2.45, 2.75) is 25.9 Å². The van der Waals surface area contributed by atoms with Gasteiger partial charge in [0.05, 0.1) is 10.9 Å². The predicted molar refractivity (Wildman–Crippen MR) is 112 cm³/mol. The number of thiophene rings is 1. The van der Waals surface area contributed by atoms with E-state index in [0.717, 1.165) is 33.5 Å². The van der Waals surface area contributed by atoms with Crippen molar-refractivity contribution in [1.82, 2.24) is 9.97 Å². The molecule has 0 unspecified atom stereocenters. The van der Waals surface area contributed by atoms with Crippen molar-refractivity contribution in [3.05, 3.63) is 71.4 Å². The standard InChI is InChI=1S/C22H18F3N3S/c1-13(2)14-6-8-15(9-7-14)18-11-29-21-19(18)20(26-12-27-21)28-17-5-3-4-16(10-17)22(23,24)25/h3-13H,1-2H3,(H,26,27,28). The van der Waals surface area contributed by atoms with Gasteiger partial charge < -0.3 is 5.32 Å². The van der Waals surface area contributed by atoms with Gasteiger partial charge in [-0.1, -0.05) is 44.2 Å². The summed E-state index contributed by atoms with van der Waals surface area (Å²) in [5, 5.41) is 5.84. The summed E-state index contributed by atoms with van der Waals surface area (Å²) in [4.78, 5) is 9.40. The third-order valence-electron chi connectivity index (χ3n) is 4.71. The molecule has 0 fully saturated rings. The number of anilines is 2. The first-order chi connectivity index (χ1) is 13.8. The van der Waals surface area contributed by atoms with Crippen LogP contribution in [0, 0.1) is 0 Å². The van der Waals surface area contributed by atoms with Gasteiger partial charge in [0.15, 0.2) is 0 Å². The molecule has 148 valence electrons. The highest BCUT2D eigenvalue weighted by atomic mass is 32.1. The van der Waals surface area contributed by atoms with Crippen LogP contribution >= 0.6 is 11.3 Å². The third kappa shape index (κ3) is 3.96. The molecule has 2 heterocycles. The quantitative estimate of drug-likeness (QED) is 0.383. The first kappa shape index (κ1) is 19.4. The normalized spacial score (nSPS) is 11.9. The van der Waals surface area contributed by atoms with Crippen LogP contribution in [0.4, 0.5) is 24.7 Å². The van der Waals surface area contributed by atoms with Crippen molar-refractivity contribution in [2.75, 3.05) is 5.32 Å². The van der Waals surface area contributed by atoms with E-state index in [-0.39, 0.29) is 0 Å². The van der Waals surface area contributed by atoms with Gasteiger partial charge in [0.1, 0.15) is 17.0 Å². The molecule has 4 aromatic rings. The minimum Gasteiger partial charge on any atom is -0.340 e. The summed E-state index contributed by atoms with van der Waals surface area (Å²) >= 11 is 1.48. The second-order valence-electron chi connectivity index (χ2n) is 7.03. The molecule has 2 aromatic heterocycles. The number of hydrogen-bond acceptors (Lipinski definition) is 4. The Labute approximate surface area is 170 Å². The molecular weight excluding hydrogens is 395 g/mol. The summed E-state index contributed by atoms with van der Waals surface area (Å²) in [6.07, 6.45) is -2.98. The Morgan fingerprint density at radius 1 is 1.00 bits per heavy atom. The summed E-state index contributed by atoms with van der Waals surface area (Å²) in [7, 11) is 0. The number of hydrogen-bond donors (Lipinski definition) is 1. The number of nitrogens with one attached hydrogen (secondary N) is 1. The Bertz CT molecular complexity index is 1150. The number of benzene rings is 2. The van der Waals surface area contributed by atoms with Gasteiger partial charge in [-0.05, 0) is 35.2 Å². The van der Waals surface area contributed by atoms with E-state index in [0.29, 0.717) is 17.4 Å². The lowest BCUT2D eigenvalue weighted by Crippen LogP contribution is -2.05. The average molecular weight is 413 g/mol. The molecule has 0 aliphatic heterocycles. The molecule has 0 amide bonds. The lowest BCUT2D eigenvalue weighted by molar-refractivity contribution is -0.137. The molecule has 1 N–H and O–H groups in total. The first-order valence-corrected chi connectivity index (χ1v) is 9.97. The molecule has 4 rings (SSSR count). The van der Waals surface area contributed by atoms with E-state index in [9.17, 15) is 13.2 Å². The van der Waals surface area contributed by atoms with E-state index < -0.39 is 11.7 Å². The summed E-state index contributed by atoms with van der Waals surface area (Å²) in [5.41, 5.74) is 2.83. The van der Waals surface area contributed by atoms with Gasteiger partial charge in [-0.25, -0.2) is 9.97 Å². The molecule has 0 aliphatic rings. The fraction of sp³-hybridized carbons (Fsp3) is 0.182. The highest BCUT2D eigenvalue weighted by molar-refractivity contribution is 7.17. The Balaban J connectivity index is 1.76. The zero-order valence-electron chi connectivity index (χ0n) is 15.8. The largest absolute Gasteiger partial charge is 0.416 e. The van der Waals surface area contributed by atoms with Gasteiger partial charge in [0.25, 0.3) is 0 Å². The summed E-state index contributed by atoms with van der Waals surface area (Å²) in [5.74, 6) is 0.920. The van der Waals surface area contributed by atoms with Gasteiger partial charge in [0.2, 0.25) is 0 Å². The second-order valence-corrected chi connectivity index (χ2v) is 7.89. The minimum atomic E-state index is -4.40. The van der Waals surface area contributed by atoms with E-state index in [1.165, 1.54) is 29.3 Å². The molecule has 0 aliphatic carbocycles. The Morgan fingerprint density at radius 3 is 2.45 bits per heavy atom. The highest BCUT2D eigenvalue weighted by Crippen LogP contribution is 2.38. The summed E-state index contributed by atoms with van der Waals surface area (Å²) in [6.45, 7) is 4.28. The smallest absolute Gasteiger partial charge is 0.340 e. The zero-order valence-corrected chi connectivity index (χ0v) is 16.6. The topological polar surface area (TPSA) is 37.8 Å². The third-order valence-corrected chi connectivity index (χ3v) is 5.60. The molecule has 2 aromatic carbocycles. The fourth-order valence-electron chi connectivity index (χ4n) is 3.14. The van der Waals surface area contributed by atoms with Crippen molar-refractivity contribution in [1.29, 1.82) is 0 Å². The van der Waals surface area contributed by atoms with Crippen molar-refractivity contribution in [3.8, 4) is 11.1 Å². The van der Waals surface area contributed by atoms with Crippen LogP contribution in [0.15, 0.2) is 60.2 Å². The van der Waals surface area contributed by atoms with E-state index in [1.54, 1.807) is 6.07 Å². The molecule has 0 spiro atoms. The Morgan fingerprint density at radius 2 is 1.76 bits per heavy atom. The maximum atomic E-state index is 13.0. The van der Waals surface area contributed by atoms with Crippen LogP contribution in [0.1, 0.15) is 30.9 Å². The van der Waals surface area contributed by atoms with Crippen LogP contribution in [0.2, 0.25) is 0 Å². The molecule has 3 nitrogen and oxygen atoms in total. The van der Waals surface area contributed by atoms with Crippen LogP contribution in [-0.4, -0.2) is 9.97 Å². The predicted octanol–water partition coefficient (Wildman–Crippen LogP) is 7.24. The van der Waals surface area contributed by atoms with E-state index in [4.69, 9.17) is 0 Å². The number of alkyl halides is 3. The van der Waals surface area contributed by atoms with Crippen LogP contribution in [0.25, 0.3) is 21.3 Å². The van der Waals surface area contributed by atoms with Crippen LogP contribution in [0.3, 0.4) is 0 Å². The Hall–Kier alpha value is -2.93. The number of halogens is 3. The highest BCUT2D eigenvalue weighted by Gasteiger charge is 2.30. The lowest BCUT2D eigenvalue weighted by Gasteiger charge is -2.12. The van der Waals surface area contributed by atoms with E-state index >= 15 is 0 Å². The Kier molecular flexibility index (Phi) is 5.00. The van der Waals surface area contributed by atoms with E-state index in [2.05, 4.69) is 53.4 Å². The maximum absolute atomic E-state index is 13.0. The van der Waals surface area contributed by atoms with Crippen LogP contribution < -0.4 is 5.32 Å². The van der Waals surface area contributed by atoms with Crippen molar-refractivity contribution < 1.29 is 13.2 Å². The SMILES string of the molecule is CC(C)c1ccc(-c2csc3ncnc(Nc4cccc(C(F)(F)F)c4)c23)cc1. The molecular formula is C22H18F3N3S. The summed E-state index contributed by atoms with van der Waals surface area (Å²) in [6, 6.07) is 13.4. The number of nitrogens with zero attached hydrogens (tertiary/aromatic N) is 2. The zero-order chi connectivity index (χ0) is 20.6. The van der Waals surface area contributed by atoms with Crippen molar-refractivity contribution >= 4 is 33.1 Å². The monoisotopic (exact) mass is 413 g/mol. The van der Waals surface area contributed by atoms with Crippen molar-refractivity contribution in [2.24, 2.45) is 0 Å². The van der Waals surface area contributed by atoms with Gasteiger partial charge in [-0.15, -0.1) is 11.3 Å². The fourth-order valence-corrected chi connectivity index (χ4v) is 4.06. The average Bonchev–Trinajstić information content (AvgIpc) is 3.13. The molecule has 0 atom stereocenters. The molecule has 29 heavy (non-hydrogen) atoms. The molecule has 0 radical (unpaired) electrons. The lowest BCUT2D eigenvalue weighted by atomic mass is 9.99. The molecule has 0 bridgehead atoms. The van der Waals surface area contributed by atoms with Gasteiger partial charge >= 0.3 is 6.18 Å².